The van der Waals surface area contributed by atoms with Gasteiger partial charge < -0.3 is 16.0 Å². The molecule has 1 aliphatic rings. The van der Waals surface area contributed by atoms with E-state index in [1.165, 1.54) is 35.0 Å². The first-order valence-electron chi connectivity index (χ1n) is 12.3. The van der Waals surface area contributed by atoms with Crippen LogP contribution in [0.1, 0.15) is 23.0 Å². The van der Waals surface area contributed by atoms with Crippen molar-refractivity contribution in [1.82, 2.24) is 24.8 Å². The number of halogens is 1. The molecular formula is C28H28FN7S2. The molecule has 1 fully saturated rings. The second kappa shape index (κ2) is 12.3. The molecule has 1 saturated heterocycles. The molecule has 1 aliphatic heterocycles. The minimum atomic E-state index is -0.312. The quantitative estimate of drug-likeness (QED) is 0.302. The normalized spacial score (nSPS) is 14.0. The van der Waals surface area contributed by atoms with Crippen molar-refractivity contribution < 1.29 is 4.39 Å². The van der Waals surface area contributed by atoms with Gasteiger partial charge in [-0.25, -0.2) is 4.39 Å². The zero-order chi connectivity index (χ0) is 26.3. The third kappa shape index (κ3) is 6.63. The standard InChI is InChI=1S/C28H28FN7S2/c29-22-11-13-23(14-12-22)31-27-33-24(32-26(30)34-27)19-38-28(37)36-17-15-35(16-18-36)25(20-7-3-1-4-8-20)21-9-5-2-6-10-21/h1-14,25H,15-19H2,(H3,30,31,32,33,34). The second-order valence-corrected chi connectivity index (χ2v) is 10.5. The van der Waals surface area contributed by atoms with Crippen molar-refractivity contribution in [3.63, 3.8) is 0 Å². The van der Waals surface area contributed by atoms with E-state index in [1.54, 1.807) is 12.1 Å². The van der Waals surface area contributed by atoms with Crippen molar-refractivity contribution in [1.29, 1.82) is 0 Å². The highest BCUT2D eigenvalue weighted by Crippen LogP contribution is 2.30. The van der Waals surface area contributed by atoms with Gasteiger partial charge in [0.25, 0.3) is 0 Å². The summed E-state index contributed by atoms with van der Waals surface area (Å²) in [6, 6.07) is 27.5. The van der Waals surface area contributed by atoms with Crippen LogP contribution in [0, 0.1) is 5.82 Å². The van der Waals surface area contributed by atoms with Gasteiger partial charge in [0.05, 0.1) is 11.8 Å². The number of nitrogens with zero attached hydrogens (tertiary/aromatic N) is 5. The Morgan fingerprint density at radius 2 is 1.47 bits per heavy atom. The molecule has 4 aromatic rings. The summed E-state index contributed by atoms with van der Waals surface area (Å²) in [5.41, 5.74) is 9.15. The molecule has 2 heterocycles. The van der Waals surface area contributed by atoms with Crippen LogP contribution in [0.15, 0.2) is 84.9 Å². The number of piperazine rings is 1. The number of thioether (sulfide) groups is 1. The van der Waals surface area contributed by atoms with Crippen LogP contribution in [-0.2, 0) is 5.75 Å². The highest BCUT2D eigenvalue weighted by Gasteiger charge is 2.27. The summed E-state index contributed by atoms with van der Waals surface area (Å²) in [5, 5.41) is 3.04. The molecule has 5 rings (SSSR count). The molecule has 0 bridgehead atoms. The number of rotatable bonds is 7. The zero-order valence-electron chi connectivity index (χ0n) is 20.7. The van der Waals surface area contributed by atoms with Crippen LogP contribution in [0.4, 0.5) is 22.0 Å². The van der Waals surface area contributed by atoms with Crippen molar-refractivity contribution in [3.8, 4) is 0 Å². The lowest BCUT2D eigenvalue weighted by Crippen LogP contribution is -2.48. The fourth-order valence-electron chi connectivity index (χ4n) is 4.49. The lowest BCUT2D eigenvalue weighted by Gasteiger charge is -2.40. The molecule has 194 valence electrons. The average molecular weight is 546 g/mol. The predicted octanol–water partition coefficient (Wildman–Crippen LogP) is 5.26. The molecule has 3 N–H and O–H groups in total. The molecule has 7 nitrogen and oxygen atoms in total. The number of nitrogen functional groups attached to an aromatic ring is 1. The molecule has 0 saturated carbocycles. The fourth-order valence-corrected chi connectivity index (χ4v) is 5.59. The Hall–Kier alpha value is -3.60. The molecule has 0 spiro atoms. The van der Waals surface area contributed by atoms with Crippen molar-refractivity contribution in [2.75, 3.05) is 37.2 Å². The summed E-state index contributed by atoms with van der Waals surface area (Å²) in [6.07, 6.45) is 0. The van der Waals surface area contributed by atoms with E-state index in [1.807, 2.05) is 0 Å². The summed E-state index contributed by atoms with van der Waals surface area (Å²) < 4.78 is 14.0. The highest BCUT2D eigenvalue weighted by molar-refractivity contribution is 8.22. The van der Waals surface area contributed by atoms with E-state index in [0.29, 0.717) is 23.2 Å². The van der Waals surface area contributed by atoms with Crippen LogP contribution in [0.25, 0.3) is 0 Å². The van der Waals surface area contributed by atoms with E-state index in [0.717, 1.165) is 30.5 Å². The number of aromatic nitrogens is 3. The molecule has 3 aromatic carbocycles. The molecule has 0 atom stereocenters. The first-order chi connectivity index (χ1) is 18.5. The molecule has 0 aliphatic carbocycles. The van der Waals surface area contributed by atoms with E-state index in [2.05, 4.69) is 90.7 Å². The Balaban J connectivity index is 1.19. The number of benzene rings is 3. The van der Waals surface area contributed by atoms with Crippen molar-refractivity contribution in [2.24, 2.45) is 0 Å². The molecule has 0 unspecified atom stereocenters. The minimum Gasteiger partial charge on any atom is -0.368 e. The van der Waals surface area contributed by atoms with Crippen molar-refractivity contribution in [2.45, 2.75) is 11.8 Å². The highest BCUT2D eigenvalue weighted by atomic mass is 32.2. The number of hydrogen-bond donors (Lipinski definition) is 2. The van der Waals surface area contributed by atoms with E-state index in [4.69, 9.17) is 18.0 Å². The number of nitrogens with one attached hydrogen (secondary N) is 1. The van der Waals surface area contributed by atoms with Gasteiger partial charge in [0.2, 0.25) is 11.9 Å². The monoisotopic (exact) mass is 545 g/mol. The first-order valence-corrected chi connectivity index (χ1v) is 13.7. The smallest absolute Gasteiger partial charge is 0.232 e. The average Bonchev–Trinajstić information content (AvgIpc) is 2.94. The Bertz CT molecular complexity index is 1310. The number of hydrogen-bond acceptors (Lipinski definition) is 8. The summed E-state index contributed by atoms with van der Waals surface area (Å²) in [5.74, 6) is 1.12. The zero-order valence-corrected chi connectivity index (χ0v) is 22.3. The molecule has 38 heavy (non-hydrogen) atoms. The topological polar surface area (TPSA) is 83.2 Å². The summed E-state index contributed by atoms with van der Waals surface area (Å²) in [7, 11) is 0. The van der Waals surface area contributed by atoms with Crippen LogP contribution < -0.4 is 11.1 Å². The lowest BCUT2D eigenvalue weighted by molar-refractivity contribution is 0.153. The number of anilines is 3. The van der Waals surface area contributed by atoms with Crippen LogP contribution in [0.3, 0.4) is 0 Å². The molecule has 0 radical (unpaired) electrons. The van der Waals surface area contributed by atoms with E-state index < -0.39 is 0 Å². The summed E-state index contributed by atoms with van der Waals surface area (Å²) in [4.78, 5) is 17.6. The van der Waals surface area contributed by atoms with Crippen LogP contribution >= 0.6 is 24.0 Å². The molecule has 1 aromatic heterocycles. The largest absolute Gasteiger partial charge is 0.368 e. The van der Waals surface area contributed by atoms with Crippen molar-refractivity contribution in [3.05, 3.63) is 108 Å². The molecular weight excluding hydrogens is 517 g/mol. The minimum absolute atomic E-state index is 0.118. The van der Waals surface area contributed by atoms with Gasteiger partial charge in [-0.15, -0.1) is 0 Å². The maximum Gasteiger partial charge on any atom is 0.232 e. The van der Waals surface area contributed by atoms with E-state index >= 15 is 0 Å². The van der Waals surface area contributed by atoms with Gasteiger partial charge in [-0.1, -0.05) is 84.6 Å². The van der Waals surface area contributed by atoms with Gasteiger partial charge in [0.15, 0.2) is 0 Å². The summed E-state index contributed by atoms with van der Waals surface area (Å²) >= 11 is 7.28. The van der Waals surface area contributed by atoms with Gasteiger partial charge in [-0.2, -0.15) is 15.0 Å². The molecule has 10 heteroatoms. The van der Waals surface area contributed by atoms with Gasteiger partial charge in [0, 0.05) is 31.9 Å². The van der Waals surface area contributed by atoms with Crippen molar-refractivity contribution >= 4 is 45.9 Å². The molecule has 0 amide bonds. The van der Waals surface area contributed by atoms with Gasteiger partial charge in [-0.3, -0.25) is 4.90 Å². The second-order valence-electron chi connectivity index (χ2n) is 8.87. The third-order valence-electron chi connectivity index (χ3n) is 6.29. The van der Waals surface area contributed by atoms with Gasteiger partial charge >= 0.3 is 0 Å². The van der Waals surface area contributed by atoms with Crippen LogP contribution in [0.2, 0.25) is 0 Å². The maximum absolute atomic E-state index is 13.2. The number of nitrogens with two attached hydrogens (primary N) is 1. The summed E-state index contributed by atoms with van der Waals surface area (Å²) in [6.45, 7) is 3.50. The van der Waals surface area contributed by atoms with E-state index in [9.17, 15) is 4.39 Å². The Labute approximate surface area is 231 Å². The first kappa shape index (κ1) is 26.0. The fraction of sp³-hybridized carbons (Fsp3) is 0.214. The Kier molecular flexibility index (Phi) is 8.42. The maximum atomic E-state index is 13.2. The number of thiocarbonyl (C=S) groups is 1. The Morgan fingerprint density at radius 3 is 2.08 bits per heavy atom. The van der Waals surface area contributed by atoms with Crippen LogP contribution in [-0.4, -0.2) is 55.3 Å². The van der Waals surface area contributed by atoms with E-state index in [-0.39, 0.29) is 17.8 Å². The SMILES string of the molecule is Nc1nc(CSC(=S)N2CCN(C(c3ccccc3)c3ccccc3)CC2)nc(Nc2ccc(F)cc2)n1. The predicted molar refractivity (Wildman–Crippen MR) is 156 cm³/mol. The third-order valence-corrected chi connectivity index (χ3v) is 7.81. The lowest BCUT2D eigenvalue weighted by atomic mass is 9.96. The van der Waals surface area contributed by atoms with Gasteiger partial charge in [-0.05, 0) is 35.4 Å². The van der Waals surface area contributed by atoms with Crippen LogP contribution in [0.5, 0.6) is 0 Å². The van der Waals surface area contributed by atoms with Gasteiger partial charge in [0.1, 0.15) is 16.0 Å². The Morgan fingerprint density at radius 1 is 0.868 bits per heavy atom.